The van der Waals surface area contributed by atoms with E-state index < -0.39 is 11.7 Å². The molecule has 0 atom stereocenters. The molecule has 1 aliphatic rings. The lowest BCUT2D eigenvalue weighted by molar-refractivity contribution is -0.367. The highest BCUT2D eigenvalue weighted by Gasteiger charge is 2.34. The number of likely N-dealkylation sites (N-methyl/N-ethyl adjacent to an activating group) is 1. The molecule has 1 aromatic rings. The molecule has 1 fully saturated rings. The maximum Gasteiger partial charge on any atom is 0.419 e. The standard InChI is InChI=1S/C15H16ClF3N6S/c1-22-14(26)10(7-20)12(21)24-2-4-25(5-3-24)13-11(16)6-9(8-23-13)15(17,18)19/h6,8H,2-5,21H2,1H3,(H,22,26)/p+1/b12-10-. The molecule has 11 heteroatoms. The van der Waals surface area contributed by atoms with Gasteiger partial charge in [-0.2, -0.15) is 18.4 Å². The number of alkyl halides is 3. The number of aromatic nitrogens is 1. The van der Waals surface area contributed by atoms with Crippen molar-refractivity contribution < 1.29 is 18.2 Å². The average molecular weight is 406 g/mol. The monoisotopic (exact) mass is 405 g/mol. The molecule has 0 aliphatic carbocycles. The predicted molar refractivity (Wildman–Crippen MR) is 95.3 cm³/mol. The van der Waals surface area contributed by atoms with E-state index in [1.165, 1.54) is 0 Å². The molecule has 0 amide bonds. The van der Waals surface area contributed by atoms with Gasteiger partial charge in [0.1, 0.15) is 46.8 Å². The van der Waals surface area contributed by atoms with E-state index in [1.54, 1.807) is 11.9 Å². The van der Waals surface area contributed by atoms with E-state index in [4.69, 9.17) is 29.6 Å². The quantitative estimate of drug-likeness (QED) is 0.451. The maximum atomic E-state index is 12.7. The Morgan fingerprint density at radius 1 is 1.38 bits per heavy atom. The highest BCUT2D eigenvalue weighted by Crippen LogP contribution is 2.32. The van der Waals surface area contributed by atoms with Crippen molar-refractivity contribution >= 4 is 34.6 Å². The summed E-state index contributed by atoms with van der Waals surface area (Å²) in [5, 5.41) is 11.9. The molecule has 0 spiro atoms. The number of rotatable bonds is 3. The van der Waals surface area contributed by atoms with Gasteiger partial charge in [0.2, 0.25) is 0 Å². The molecule has 2 heterocycles. The van der Waals surface area contributed by atoms with Crippen LogP contribution in [0.3, 0.4) is 0 Å². The van der Waals surface area contributed by atoms with E-state index in [1.807, 2.05) is 11.0 Å². The first kappa shape index (κ1) is 20.1. The van der Waals surface area contributed by atoms with Crippen LogP contribution in [0.1, 0.15) is 5.56 Å². The number of nitrogens with two attached hydrogens (primary N) is 1. The molecule has 0 aromatic carbocycles. The Kier molecular flexibility index (Phi) is 6.15. The summed E-state index contributed by atoms with van der Waals surface area (Å²) < 4.78 is 38.2. The molecule has 1 aliphatic heterocycles. The Morgan fingerprint density at radius 2 is 2.00 bits per heavy atom. The molecular formula is C15H17ClF3N6S+. The summed E-state index contributed by atoms with van der Waals surface area (Å²) in [5.74, 6) is 0.683. The molecule has 1 aromatic heterocycles. The molecule has 140 valence electrons. The second-order valence-electron chi connectivity index (χ2n) is 5.51. The van der Waals surface area contributed by atoms with Crippen LogP contribution in [0.25, 0.3) is 0 Å². The molecule has 0 radical (unpaired) electrons. The fourth-order valence-electron chi connectivity index (χ4n) is 2.55. The number of thiocarbonyl (C=S) groups is 1. The zero-order valence-electron chi connectivity index (χ0n) is 13.8. The SMILES string of the molecule is CNC(=S)/C(C#N)=C(/N)N1CCN(c2[nH+]cc(C(F)(F)F)cc2Cl)CC1. The molecule has 1 saturated heterocycles. The average Bonchev–Trinajstić information content (AvgIpc) is 2.61. The lowest BCUT2D eigenvalue weighted by atomic mass is 10.2. The Labute approximate surface area is 159 Å². The van der Waals surface area contributed by atoms with Gasteiger partial charge in [-0.05, 0) is 6.07 Å². The number of anilines is 1. The minimum Gasteiger partial charge on any atom is -0.384 e. The highest BCUT2D eigenvalue weighted by molar-refractivity contribution is 7.80. The van der Waals surface area contributed by atoms with Gasteiger partial charge in [0.15, 0.2) is 0 Å². The van der Waals surface area contributed by atoms with Crippen LogP contribution in [-0.4, -0.2) is 43.1 Å². The second kappa shape index (κ2) is 7.97. The van der Waals surface area contributed by atoms with Gasteiger partial charge in [0.25, 0.3) is 5.82 Å². The lowest BCUT2D eigenvalue weighted by Gasteiger charge is -2.33. The van der Waals surface area contributed by atoms with Gasteiger partial charge in [0, 0.05) is 7.05 Å². The molecule has 6 nitrogen and oxygen atoms in total. The topological polar surface area (TPSA) is 82.5 Å². The number of nitrogens with zero attached hydrogens (tertiary/aromatic N) is 3. The van der Waals surface area contributed by atoms with Crippen molar-refractivity contribution in [2.24, 2.45) is 5.73 Å². The van der Waals surface area contributed by atoms with E-state index in [9.17, 15) is 18.4 Å². The first-order chi connectivity index (χ1) is 12.2. The number of H-pyrrole nitrogens is 1. The van der Waals surface area contributed by atoms with E-state index >= 15 is 0 Å². The summed E-state index contributed by atoms with van der Waals surface area (Å²) in [4.78, 5) is 6.50. The third-order valence-electron chi connectivity index (χ3n) is 3.96. The van der Waals surface area contributed by atoms with Crippen molar-refractivity contribution in [2.45, 2.75) is 6.18 Å². The number of aromatic amines is 1. The van der Waals surface area contributed by atoms with Crippen LogP contribution >= 0.6 is 23.8 Å². The highest BCUT2D eigenvalue weighted by atomic mass is 35.5. The number of hydrogen-bond acceptors (Lipinski definition) is 5. The number of hydrogen-bond donors (Lipinski definition) is 2. The third kappa shape index (κ3) is 4.28. The molecule has 0 bridgehead atoms. The Balaban J connectivity index is 2.13. The number of pyridine rings is 1. The summed E-state index contributed by atoms with van der Waals surface area (Å²) in [6.07, 6.45) is -3.57. The third-order valence-corrected chi connectivity index (χ3v) is 4.66. The summed E-state index contributed by atoms with van der Waals surface area (Å²) in [6.45, 7) is 1.86. The van der Waals surface area contributed by atoms with Gasteiger partial charge >= 0.3 is 6.18 Å². The van der Waals surface area contributed by atoms with Crippen molar-refractivity contribution in [3.63, 3.8) is 0 Å². The normalized spacial score (nSPS) is 16.0. The molecule has 0 saturated carbocycles. The van der Waals surface area contributed by atoms with Crippen molar-refractivity contribution in [1.82, 2.24) is 10.2 Å². The summed E-state index contributed by atoms with van der Waals surface area (Å²) >= 11 is 11.1. The maximum absolute atomic E-state index is 12.7. The Bertz CT molecular complexity index is 766. The van der Waals surface area contributed by atoms with E-state index in [0.717, 1.165) is 12.3 Å². The molecule has 0 unspecified atom stereocenters. The van der Waals surface area contributed by atoms with Crippen LogP contribution in [0.2, 0.25) is 5.02 Å². The molecular weight excluding hydrogens is 389 g/mol. The summed E-state index contributed by atoms with van der Waals surface area (Å²) in [7, 11) is 1.60. The van der Waals surface area contributed by atoms with E-state index in [0.29, 0.717) is 32.0 Å². The Hall–Kier alpha value is -2.25. The van der Waals surface area contributed by atoms with Crippen molar-refractivity contribution in [3.8, 4) is 6.07 Å². The van der Waals surface area contributed by atoms with Crippen LogP contribution in [0.4, 0.5) is 19.0 Å². The predicted octanol–water partition coefficient (Wildman–Crippen LogP) is 1.54. The van der Waals surface area contributed by atoms with Crippen molar-refractivity contribution in [1.29, 1.82) is 5.26 Å². The van der Waals surface area contributed by atoms with Gasteiger partial charge < -0.3 is 16.0 Å². The minimum absolute atomic E-state index is 0.00846. The van der Waals surface area contributed by atoms with Crippen LogP contribution in [-0.2, 0) is 6.18 Å². The molecule has 2 rings (SSSR count). The molecule has 4 N–H and O–H groups in total. The fraction of sp³-hybridized carbons (Fsp3) is 0.400. The minimum atomic E-state index is -4.46. The first-order valence-electron chi connectivity index (χ1n) is 7.59. The zero-order valence-corrected chi connectivity index (χ0v) is 15.4. The number of halogens is 4. The molecule has 26 heavy (non-hydrogen) atoms. The largest absolute Gasteiger partial charge is 0.419 e. The van der Waals surface area contributed by atoms with Gasteiger partial charge in [-0.25, -0.2) is 4.98 Å². The fourth-order valence-corrected chi connectivity index (χ4v) is 2.99. The van der Waals surface area contributed by atoms with Gasteiger partial charge in [-0.1, -0.05) is 23.8 Å². The van der Waals surface area contributed by atoms with Gasteiger partial charge in [-0.3, -0.25) is 4.90 Å². The van der Waals surface area contributed by atoms with Crippen molar-refractivity contribution in [2.75, 3.05) is 38.1 Å². The second-order valence-corrected chi connectivity index (χ2v) is 6.32. The first-order valence-corrected chi connectivity index (χ1v) is 8.38. The lowest BCUT2D eigenvalue weighted by Crippen LogP contribution is -2.49. The van der Waals surface area contributed by atoms with E-state index in [-0.39, 0.29) is 21.4 Å². The van der Waals surface area contributed by atoms with Crippen LogP contribution < -0.4 is 20.9 Å². The number of nitriles is 1. The number of piperazine rings is 1. The van der Waals surface area contributed by atoms with E-state index in [2.05, 4.69) is 10.3 Å². The van der Waals surface area contributed by atoms with Crippen LogP contribution in [0.15, 0.2) is 23.7 Å². The van der Waals surface area contributed by atoms with Gasteiger partial charge in [0.05, 0.1) is 18.7 Å². The Morgan fingerprint density at radius 3 is 2.46 bits per heavy atom. The smallest absolute Gasteiger partial charge is 0.384 e. The summed E-state index contributed by atoms with van der Waals surface area (Å²) in [5.41, 5.74) is 5.39. The van der Waals surface area contributed by atoms with Crippen molar-refractivity contribution in [3.05, 3.63) is 34.2 Å². The van der Waals surface area contributed by atoms with Crippen LogP contribution in [0, 0.1) is 11.3 Å². The summed E-state index contributed by atoms with van der Waals surface area (Å²) in [6, 6.07) is 2.88. The van der Waals surface area contributed by atoms with Crippen LogP contribution in [0.5, 0.6) is 0 Å². The zero-order chi connectivity index (χ0) is 19.5. The van der Waals surface area contributed by atoms with Gasteiger partial charge in [-0.15, -0.1) is 0 Å². The number of nitrogens with one attached hydrogen (secondary N) is 2.